The fraction of sp³-hybridized carbons (Fsp3) is 0.200. The molecule has 0 aliphatic heterocycles. The first-order valence-electron chi connectivity index (χ1n) is 16.7. The number of ether oxygens (including phenoxy) is 1. The van der Waals surface area contributed by atoms with E-state index >= 15 is 0 Å². The molecule has 1 amide bonds. The highest BCUT2D eigenvalue weighted by atomic mass is 79.9. The molecule has 1 atom stereocenters. The predicted octanol–water partition coefficient (Wildman–Crippen LogP) is 8.66. The number of carboxylic acids is 1. The van der Waals surface area contributed by atoms with Crippen LogP contribution in [0.15, 0.2) is 81.7 Å². The van der Waals surface area contributed by atoms with E-state index in [9.17, 15) is 29.4 Å². The Kier molecular flexibility index (Phi) is 13.1. The van der Waals surface area contributed by atoms with E-state index in [2.05, 4.69) is 37.2 Å². The lowest BCUT2D eigenvalue weighted by atomic mass is 9.98. The Balaban J connectivity index is 0.000000212. The summed E-state index contributed by atoms with van der Waals surface area (Å²) in [5.41, 5.74) is 4.36. The second-order valence-electron chi connectivity index (χ2n) is 12.5. The maximum Gasteiger partial charge on any atom is 0.310 e. The molecule has 0 saturated carbocycles. The number of phenols is 1. The number of carbonyl (C=O) groups is 4. The summed E-state index contributed by atoms with van der Waals surface area (Å²) in [7, 11) is 1.51. The largest absolute Gasteiger partial charge is 0.506 e. The molecule has 0 bridgehead atoms. The van der Waals surface area contributed by atoms with Gasteiger partial charge in [-0.15, -0.1) is 0 Å². The molecule has 0 aliphatic carbocycles. The van der Waals surface area contributed by atoms with E-state index in [0.29, 0.717) is 66.2 Å². The van der Waals surface area contributed by atoms with Crippen LogP contribution in [0.25, 0.3) is 21.8 Å². The Morgan fingerprint density at radius 3 is 1.82 bits per heavy atom. The predicted molar refractivity (Wildman–Crippen MR) is 219 cm³/mol. The van der Waals surface area contributed by atoms with Gasteiger partial charge in [0.15, 0.2) is 0 Å². The van der Waals surface area contributed by atoms with Crippen molar-refractivity contribution in [2.75, 3.05) is 20.3 Å². The van der Waals surface area contributed by atoms with Gasteiger partial charge in [-0.1, -0.05) is 55.1 Å². The van der Waals surface area contributed by atoms with Gasteiger partial charge >= 0.3 is 5.97 Å². The Bertz CT molecular complexity index is 2460. The summed E-state index contributed by atoms with van der Waals surface area (Å²) in [6.45, 7) is 5.06. The van der Waals surface area contributed by atoms with Gasteiger partial charge in [-0.05, 0) is 105 Å². The van der Waals surface area contributed by atoms with E-state index < -0.39 is 11.9 Å². The third-order valence-corrected chi connectivity index (χ3v) is 10.7. The fourth-order valence-corrected chi connectivity index (χ4v) is 7.28. The highest BCUT2D eigenvalue weighted by Crippen LogP contribution is 2.38. The number of aromatic hydroxyl groups is 1. The standard InChI is InChI=1S/C21H20BrClN2O4.C19H15BrClNO4/c1-12-15(10-20(27)24-7-8-26)16-9-19(29-2)17(23)11-18(16)25(12)21(28)13-3-5-14(22)6-4-13;1-9(19(25)26)17-10(2)22(15-8-14(21)16(23)7-13(15)17)18(24)11-3-5-12(20)6-4-11/h3-6,9,11,26H,7-8,10H2,1-2H3,(H,24,27);3-9,23H,1-2H3,(H,25,26). The molecule has 6 aromatic rings. The second kappa shape index (κ2) is 17.4. The molecule has 0 fully saturated rings. The van der Waals surface area contributed by atoms with Crippen LogP contribution in [-0.2, 0) is 16.0 Å². The number of carbonyl (C=O) groups excluding carboxylic acids is 3. The number of aromatic nitrogens is 2. The molecular formula is C40H35Br2Cl2N3O8. The number of rotatable bonds is 9. The summed E-state index contributed by atoms with van der Waals surface area (Å²) >= 11 is 19.1. The van der Waals surface area contributed by atoms with Crippen LogP contribution in [0.1, 0.15) is 56.1 Å². The van der Waals surface area contributed by atoms with E-state index in [0.717, 1.165) is 8.95 Å². The molecule has 0 aliphatic rings. The Morgan fingerprint density at radius 1 is 0.800 bits per heavy atom. The van der Waals surface area contributed by atoms with Gasteiger partial charge in [0.1, 0.15) is 11.5 Å². The number of halogens is 4. The van der Waals surface area contributed by atoms with Gasteiger partial charge in [-0.25, -0.2) is 0 Å². The lowest BCUT2D eigenvalue weighted by Crippen LogP contribution is -2.28. The van der Waals surface area contributed by atoms with Crippen LogP contribution in [-0.4, -0.2) is 68.4 Å². The zero-order chi connectivity index (χ0) is 40.3. The molecule has 6 rings (SSSR count). The zero-order valence-electron chi connectivity index (χ0n) is 29.9. The summed E-state index contributed by atoms with van der Waals surface area (Å²) in [6, 6.07) is 20.2. The van der Waals surface area contributed by atoms with Crippen LogP contribution in [0.3, 0.4) is 0 Å². The summed E-state index contributed by atoms with van der Waals surface area (Å²) in [5.74, 6) is -2.33. The number of phenolic OH excluding ortho intramolecular Hbond substituents is 1. The van der Waals surface area contributed by atoms with Gasteiger partial charge in [-0.2, -0.15) is 0 Å². The molecule has 11 nitrogen and oxygen atoms in total. The van der Waals surface area contributed by atoms with Crippen molar-refractivity contribution in [1.29, 1.82) is 0 Å². The van der Waals surface area contributed by atoms with Crippen molar-refractivity contribution < 1.29 is 39.2 Å². The van der Waals surface area contributed by atoms with E-state index in [1.54, 1.807) is 86.0 Å². The second-order valence-corrected chi connectivity index (χ2v) is 15.1. The van der Waals surface area contributed by atoms with Gasteiger partial charge in [0.25, 0.3) is 11.8 Å². The summed E-state index contributed by atoms with van der Waals surface area (Å²) < 4.78 is 10.0. The number of amides is 1. The Labute approximate surface area is 342 Å². The quantitative estimate of drug-likeness (QED) is 0.112. The molecule has 286 valence electrons. The van der Waals surface area contributed by atoms with E-state index in [1.165, 1.54) is 23.8 Å². The third-order valence-electron chi connectivity index (χ3n) is 9.09. The number of hydrogen-bond donors (Lipinski definition) is 4. The van der Waals surface area contributed by atoms with Crippen molar-refractivity contribution in [1.82, 2.24) is 14.5 Å². The molecular weight excluding hydrogens is 881 g/mol. The minimum Gasteiger partial charge on any atom is -0.506 e. The van der Waals surface area contributed by atoms with Gasteiger partial charge in [0.2, 0.25) is 5.91 Å². The van der Waals surface area contributed by atoms with Crippen LogP contribution in [0.5, 0.6) is 11.5 Å². The number of aliphatic carboxylic acids is 1. The van der Waals surface area contributed by atoms with Crippen LogP contribution in [0, 0.1) is 13.8 Å². The average molecular weight is 916 g/mol. The molecule has 1 unspecified atom stereocenters. The number of benzene rings is 4. The lowest BCUT2D eigenvalue weighted by molar-refractivity contribution is -0.138. The molecule has 2 heterocycles. The van der Waals surface area contributed by atoms with Gasteiger partial charge in [0, 0.05) is 48.8 Å². The minimum absolute atomic E-state index is 0.0632. The maximum atomic E-state index is 13.3. The van der Waals surface area contributed by atoms with E-state index in [4.69, 9.17) is 33.0 Å². The van der Waals surface area contributed by atoms with Crippen LogP contribution >= 0.6 is 55.1 Å². The molecule has 0 saturated heterocycles. The number of hydrogen-bond acceptors (Lipinski definition) is 7. The fourth-order valence-electron chi connectivity index (χ4n) is 6.36. The first-order chi connectivity index (χ1) is 26.1. The monoisotopic (exact) mass is 913 g/mol. The molecule has 2 aromatic heterocycles. The number of aliphatic hydroxyl groups excluding tert-OH is 1. The molecule has 0 radical (unpaired) electrons. The van der Waals surface area contributed by atoms with E-state index in [1.807, 2.05) is 0 Å². The van der Waals surface area contributed by atoms with Crippen LogP contribution in [0.4, 0.5) is 0 Å². The van der Waals surface area contributed by atoms with Crippen molar-refractivity contribution in [3.63, 3.8) is 0 Å². The van der Waals surface area contributed by atoms with Crippen molar-refractivity contribution in [3.05, 3.63) is 125 Å². The number of carboxylic acid groups (broad SMARTS) is 1. The number of methoxy groups -OCH3 is 1. The number of nitrogens with zero attached hydrogens (tertiary/aromatic N) is 2. The Hall–Kier alpha value is -4.66. The highest BCUT2D eigenvalue weighted by molar-refractivity contribution is 9.10. The van der Waals surface area contributed by atoms with Gasteiger partial charge in [0.05, 0.1) is 47.1 Å². The van der Waals surface area contributed by atoms with Crippen molar-refractivity contribution in [3.8, 4) is 11.5 Å². The van der Waals surface area contributed by atoms with Crippen molar-refractivity contribution >= 4 is 101 Å². The number of fused-ring (bicyclic) bond motifs is 2. The van der Waals surface area contributed by atoms with Gasteiger partial charge in [-0.3, -0.25) is 28.3 Å². The van der Waals surface area contributed by atoms with Gasteiger partial charge < -0.3 is 25.4 Å². The first-order valence-corrected chi connectivity index (χ1v) is 19.0. The summed E-state index contributed by atoms with van der Waals surface area (Å²) in [6.07, 6.45) is 0.0632. The lowest BCUT2D eigenvalue weighted by Gasteiger charge is -2.09. The summed E-state index contributed by atoms with van der Waals surface area (Å²) in [5, 5.41) is 32.7. The molecule has 55 heavy (non-hydrogen) atoms. The van der Waals surface area contributed by atoms with Crippen LogP contribution in [0.2, 0.25) is 10.0 Å². The normalized spacial score (nSPS) is 11.6. The number of aliphatic hydroxyl groups is 1. The molecule has 4 aromatic carbocycles. The molecule has 4 N–H and O–H groups in total. The molecule has 15 heteroatoms. The SMILES string of the molecule is COc1cc2c(CC(=O)NCCO)c(C)n(C(=O)c3ccc(Br)cc3)c2cc1Cl.Cc1c(C(C)C(=O)O)c2cc(O)c(Cl)cc2n1C(=O)c1ccc(Br)cc1. The molecule has 0 spiro atoms. The average Bonchev–Trinajstić information content (AvgIpc) is 3.57. The maximum absolute atomic E-state index is 13.3. The minimum atomic E-state index is -1.02. The zero-order valence-corrected chi connectivity index (χ0v) is 34.6. The summed E-state index contributed by atoms with van der Waals surface area (Å²) in [4.78, 5) is 50.2. The van der Waals surface area contributed by atoms with Crippen LogP contribution < -0.4 is 10.1 Å². The smallest absolute Gasteiger partial charge is 0.310 e. The van der Waals surface area contributed by atoms with E-state index in [-0.39, 0.29) is 48.1 Å². The number of nitrogens with one attached hydrogen (secondary N) is 1. The topological polar surface area (TPSA) is 160 Å². The van der Waals surface area contributed by atoms with Crippen molar-refractivity contribution in [2.45, 2.75) is 33.1 Å². The van der Waals surface area contributed by atoms with Crippen molar-refractivity contribution in [2.24, 2.45) is 0 Å². The first kappa shape index (κ1) is 41.5. The Morgan fingerprint density at radius 2 is 1.31 bits per heavy atom. The third kappa shape index (κ3) is 8.61. The highest BCUT2D eigenvalue weighted by Gasteiger charge is 2.28.